The molecule has 1 fully saturated rings. The van der Waals surface area contributed by atoms with E-state index in [0.29, 0.717) is 18.5 Å². The first kappa shape index (κ1) is 14.7. The standard InChI is InChI=1S/C12H17N3O4S/c1-14(10-5-7-13-8-6-10)20(18,19)15-9-3-2-4-11(15)12(16)17/h5-8,11H,2-4,9H2,1H3,(H,16,17). The zero-order valence-corrected chi connectivity index (χ0v) is 12.0. The minimum Gasteiger partial charge on any atom is -0.480 e. The van der Waals surface area contributed by atoms with Gasteiger partial charge in [0.15, 0.2) is 0 Å². The van der Waals surface area contributed by atoms with Crippen molar-refractivity contribution < 1.29 is 18.3 Å². The second kappa shape index (κ2) is 5.76. The summed E-state index contributed by atoms with van der Waals surface area (Å²) in [6.07, 6.45) is 4.73. The van der Waals surface area contributed by atoms with E-state index in [1.807, 2.05) is 0 Å². The summed E-state index contributed by atoms with van der Waals surface area (Å²) in [5, 5.41) is 9.19. The Morgan fingerprint density at radius 1 is 1.40 bits per heavy atom. The maximum absolute atomic E-state index is 12.6. The number of aliphatic carboxylic acids is 1. The fourth-order valence-electron chi connectivity index (χ4n) is 2.27. The highest BCUT2D eigenvalue weighted by Gasteiger charge is 2.39. The Hall–Kier alpha value is -1.67. The van der Waals surface area contributed by atoms with Crippen molar-refractivity contribution >= 4 is 21.9 Å². The molecule has 8 heteroatoms. The molecule has 0 saturated carbocycles. The van der Waals surface area contributed by atoms with Crippen LogP contribution in [0, 0.1) is 0 Å². The van der Waals surface area contributed by atoms with E-state index in [4.69, 9.17) is 0 Å². The number of hydrogen-bond acceptors (Lipinski definition) is 4. The molecular formula is C12H17N3O4S. The van der Waals surface area contributed by atoms with E-state index in [0.717, 1.165) is 15.0 Å². The number of carboxylic acids is 1. The van der Waals surface area contributed by atoms with Crippen LogP contribution >= 0.6 is 0 Å². The number of rotatable bonds is 4. The summed E-state index contributed by atoms with van der Waals surface area (Å²) < 4.78 is 27.3. The van der Waals surface area contributed by atoms with Gasteiger partial charge >= 0.3 is 16.2 Å². The van der Waals surface area contributed by atoms with Crippen molar-refractivity contribution in [1.29, 1.82) is 0 Å². The lowest BCUT2D eigenvalue weighted by molar-refractivity contribution is -0.142. The van der Waals surface area contributed by atoms with Gasteiger partial charge in [-0.1, -0.05) is 0 Å². The second-order valence-electron chi connectivity index (χ2n) is 4.64. The first-order chi connectivity index (χ1) is 9.44. The van der Waals surface area contributed by atoms with Crippen molar-refractivity contribution in [3.8, 4) is 0 Å². The number of nitrogens with zero attached hydrogens (tertiary/aromatic N) is 3. The summed E-state index contributed by atoms with van der Waals surface area (Å²) in [5.74, 6) is -1.10. The quantitative estimate of drug-likeness (QED) is 0.884. The monoisotopic (exact) mass is 299 g/mol. The van der Waals surface area contributed by atoms with Crippen LogP contribution in [0.1, 0.15) is 19.3 Å². The number of hydrogen-bond donors (Lipinski definition) is 1. The molecule has 20 heavy (non-hydrogen) atoms. The number of carbonyl (C=O) groups is 1. The molecule has 1 aromatic rings. The molecule has 1 aromatic heterocycles. The van der Waals surface area contributed by atoms with Crippen LogP contribution in [-0.2, 0) is 15.0 Å². The van der Waals surface area contributed by atoms with Crippen LogP contribution < -0.4 is 4.31 Å². The average Bonchev–Trinajstić information content (AvgIpc) is 2.47. The van der Waals surface area contributed by atoms with E-state index in [1.54, 1.807) is 12.1 Å². The lowest BCUT2D eigenvalue weighted by atomic mass is 10.1. The van der Waals surface area contributed by atoms with Crippen LogP contribution in [0.2, 0.25) is 0 Å². The molecule has 0 bridgehead atoms. The predicted octanol–water partition coefficient (Wildman–Crippen LogP) is 0.702. The largest absolute Gasteiger partial charge is 0.480 e. The Labute approximate surface area is 118 Å². The summed E-state index contributed by atoms with van der Waals surface area (Å²) in [5.41, 5.74) is 0.453. The van der Waals surface area contributed by atoms with Gasteiger partial charge in [0.25, 0.3) is 0 Å². The van der Waals surface area contributed by atoms with Gasteiger partial charge in [0.05, 0.1) is 5.69 Å². The SMILES string of the molecule is CN(c1ccncc1)S(=O)(=O)N1CCCCC1C(=O)O. The van der Waals surface area contributed by atoms with Gasteiger partial charge in [-0.3, -0.25) is 14.1 Å². The zero-order chi connectivity index (χ0) is 14.8. The fourth-order valence-corrected chi connectivity index (χ4v) is 3.85. The van der Waals surface area contributed by atoms with Crippen LogP contribution in [0.5, 0.6) is 0 Å². The van der Waals surface area contributed by atoms with Gasteiger partial charge < -0.3 is 5.11 Å². The van der Waals surface area contributed by atoms with Crippen LogP contribution in [0.15, 0.2) is 24.5 Å². The molecule has 110 valence electrons. The molecule has 2 heterocycles. The number of anilines is 1. The molecule has 1 atom stereocenters. The maximum atomic E-state index is 12.6. The molecule has 1 aliphatic heterocycles. The minimum absolute atomic E-state index is 0.231. The first-order valence-corrected chi connectivity index (χ1v) is 7.73. The summed E-state index contributed by atoms with van der Waals surface area (Å²) in [7, 11) is -2.44. The van der Waals surface area contributed by atoms with Gasteiger partial charge in [-0.05, 0) is 31.4 Å². The van der Waals surface area contributed by atoms with Crippen molar-refractivity contribution in [3.63, 3.8) is 0 Å². The third-order valence-corrected chi connectivity index (χ3v) is 5.34. The van der Waals surface area contributed by atoms with Crippen LogP contribution in [0.4, 0.5) is 5.69 Å². The Balaban J connectivity index is 2.31. The summed E-state index contributed by atoms with van der Waals surface area (Å²) in [4.78, 5) is 15.1. The van der Waals surface area contributed by atoms with Crippen molar-refractivity contribution in [3.05, 3.63) is 24.5 Å². The van der Waals surface area contributed by atoms with Gasteiger partial charge in [-0.15, -0.1) is 0 Å². The summed E-state index contributed by atoms with van der Waals surface area (Å²) in [6.45, 7) is 0.231. The first-order valence-electron chi connectivity index (χ1n) is 6.33. The molecule has 1 saturated heterocycles. The smallest absolute Gasteiger partial charge is 0.322 e. The Bertz CT molecular complexity index is 576. The second-order valence-corrected chi connectivity index (χ2v) is 6.55. The van der Waals surface area contributed by atoms with Gasteiger partial charge in [0.2, 0.25) is 0 Å². The molecule has 7 nitrogen and oxygen atoms in total. The molecule has 0 aliphatic carbocycles. The van der Waals surface area contributed by atoms with E-state index in [9.17, 15) is 18.3 Å². The normalized spacial score (nSPS) is 20.6. The van der Waals surface area contributed by atoms with Crippen LogP contribution in [0.3, 0.4) is 0 Å². The topological polar surface area (TPSA) is 90.8 Å². The van der Waals surface area contributed by atoms with E-state index in [-0.39, 0.29) is 6.54 Å². The maximum Gasteiger partial charge on any atom is 0.322 e. The summed E-state index contributed by atoms with van der Waals surface area (Å²) >= 11 is 0. The van der Waals surface area contributed by atoms with Gasteiger partial charge in [0, 0.05) is 26.0 Å². The van der Waals surface area contributed by atoms with Gasteiger partial charge in [-0.2, -0.15) is 12.7 Å². The van der Waals surface area contributed by atoms with Crippen molar-refractivity contribution in [1.82, 2.24) is 9.29 Å². The van der Waals surface area contributed by atoms with Crippen molar-refractivity contribution in [2.45, 2.75) is 25.3 Å². The van der Waals surface area contributed by atoms with E-state index in [1.165, 1.54) is 19.4 Å². The molecule has 1 unspecified atom stereocenters. The molecule has 0 amide bonds. The highest BCUT2D eigenvalue weighted by Crippen LogP contribution is 2.25. The molecule has 0 spiro atoms. The molecule has 1 N–H and O–H groups in total. The average molecular weight is 299 g/mol. The van der Waals surface area contributed by atoms with E-state index < -0.39 is 22.2 Å². The van der Waals surface area contributed by atoms with E-state index in [2.05, 4.69) is 4.98 Å². The molecule has 0 radical (unpaired) electrons. The highest BCUT2D eigenvalue weighted by molar-refractivity contribution is 7.90. The van der Waals surface area contributed by atoms with Crippen LogP contribution in [0.25, 0.3) is 0 Å². The molecule has 1 aliphatic rings. The van der Waals surface area contributed by atoms with Crippen LogP contribution in [-0.4, -0.2) is 48.4 Å². The molecule has 2 rings (SSSR count). The van der Waals surface area contributed by atoms with E-state index >= 15 is 0 Å². The third kappa shape index (κ3) is 2.75. The minimum atomic E-state index is -3.85. The number of pyridine rings is 1. The third-order valence-electron chi connectivity index (χ3n) is 3.41. The zero-order valence-electron chi connectivity index (χ0n) is 11.1. The lowest BCUT2D eigenvalue weighted by Gasteiger charge is -2.35. The number of aromatic nitrogens is 1. The predicted molar refractivity (Wildman–Crippen MR) is 73.5 cm³/mol. The number of carboxylic acid groups (broad SMARTS) is 1. The lowest BCUT2D eigenvalue weighted by Crippen LogP contribution is -2.52. The number of piperidine rings is 1. The molecular weight excluding hydrogens is 282 g/mol. The molecule has 0 aromatic carbocycles. The highest BCUT2D eigenvalue weighted by atomic mass is 32.2. The Morgan fingerprint density at radius 3 is 2.65 bits per heavy atom. The Morgan fingerprint density at radius 2 is 2.05 bits per heavy atom. The Kier molecular flexibility index (Phi) is 4.24. The summed E-state index contributed by atoms with van der Waals surface area (Å²) in [6, 6.07) is 2.15. The fraction of sp³-hybridized carbons (Fsp3) is 0.500. The van der Waals surface area contributed by atoms with Crippen molar-refractivity contribution in [2.24, 2.45) is 0 Å². The van der Waals surface area contributed by atoms with Gasteiger partial charge in [0.1, 0.15) is 6.04 Å². The van der Waals surface area contributed by atoms with Gasteiger partial charge in [-0.25, -0.2) is 0 Å². The van der Waals surface area contributed by atoms with Crippen molar-refractivity contribution in [2.75, 3.05) is 17.9 Å².